The predicted octanol–water partition coefficient (Wildman–Crippen LogP) is 1.88. The number of rotatable bonds is 7. The van der Waals surface area contributed by atoms with E-state index < -0.39 is 0 Å². The van der Waals surface area contributed by atoms with Crippen molar-refractivity contribution >= 4 is 0 Å². The summed E-state index contributed by atoms with van der Waals surface area (Å²) in [5, 5.41) is 3.22. The van der Waals surface area contributed by atoms with Gasteiger partial charge in [-0.3, -0.25) is 0 Å². The first-order chi connectivity index (χ1) is 9.29. The molecule has 1 aromatic heterocycles. The molecule has 4 nitrogen and oxygen atoms in total. The van der Waals surface area contributed by atoms with Gasteiger partial charge >= 0.3 is 0 Å². The molecule has 0 saturated carbocycles. The fourth-order valence-corrected chi connectivity index (χ4v) is 1.80. The van der Waals surface area contributed by atoms with Crippen molar-refractivity contribution in [2.75, 3.05) is 20.3 Å². The van der Waals surface area contributed by atoms with E-state index in [0.29, 0.717) is 25.1 Å². The standard InChI is InChI=1S/C14H18FN3O/c1-19-7-6-16-9-12-10-17-14(18-12)8-11-4-2-3-5-13(11)15/h2-5,10,16H,6-9H2,1H3,(H,17,18). The molecular weight excluding hydrogens is 245 g/mol. The molecule has 0 atom stereocenters. The third-order valence-electron chi connectivity index (χ3n) is 2.80. The largest absolute Gasteiger partial charge is 0.383 e. The quantitative estimate of drug-likeness (QED) is 0.750. The van der Waals surface area contributed by atoms with Crippen molar-refractivity contribution in [1.82, 2.24) is 15.3 Å². The number of imidazole rings is 1. The second-order valence-corrected chi connectivity index (χ2v) is 4.29. The van der Waals surface area contributed by atoms with Gasteiger partial charge < -0.3 is 15.0 Å². The highest BCUT2D eigenvalue weighted by atomic mass is 19.1. The van der Waals surface area contributed by atoms with E-state index in [1.807, 2.05) is 6.07 Å². The van der Waals surface area contributed by atoms with E-state index in [4.69, 9.17) is 4.74 Å². The summed E-state index contributed by atoms with van der Waals surface area (Å²) in [7, 11) is 1.67. The lowest BCUT2D eigenvalue weighted by atomic mass is 10.1. The van der Waals surface area contributed by atoms with Crippen molar-refractivity contribution in [2.24, 2.45) is 0 Å². The number of methoxy groups -OCH3 is 1. The number of aromatic nitrogens is 2. The Balaban J connectivity index is 1.89. The lowest BCUT2D eigenvalue weighted by molar-refractivity contribution is 0.199. The number of nitrogens with zero attached hydrogens (tertiary/aromatic N) is 1. The minimum atomic E-state index is -0.196. The monoisotopic (exact) mass is 263 g/mol. The van der Waals surface area contributed by atoms with Gasteiger partial charge in [-0.25, -0.2) is 9.37 Å². The van der Waals surface area contributed by atoms with Crippen LogP contribution < -0.4 is 5.32 Å². The minimum absolute atomic E-state index is 0.196. The van der Waals surface area contributed by atoms with E-state index in [-0.39, 0.29) is 5.82 Å². The number of aromatic amines is 1. The second-order valence-electron chi connectivity index (χ2n) is 4.29. The summed E-state index contributed by atoms with van der Waals surface area (Å²) in [6, 6.07) is 6.75. The Labute approximate surface area is 112 Å². The van der Waals surface area contributed by atoms with Crippen LogP contribution in [0.5, 0.6) is 0 Å². The molecule has 5 heteroatoms. The zero-order valence-electron chi connectivity index (χ0n) is 10.9. The van der Waals surface area contributed by atoms with Crippen LogP contribution in [0.1, 0.15) is 17.1 Å². The van der Waals surface area contributed by atoms with Crippen molar-refractivity contribution in [3.63, 3.8) is 0 Å². The first kappa shape index (κ1) is 13.7. The van der Waals surface area contributed by atoms with Gasteiger partial charge in [0.1, 0.15) is 11.6 Å². The number of ether oxygens (including phenoxy) is 1. The van der Waals surface area contributed by atoms with Gasteiger partial charge in [-0.1, -0.05) is 18.2 Å². The van der Waals surface area contributed by atoms with Crippen molar-refractivity contribution in [3.05, 3.63) is 53.4 Å². The summed E-state index contributed by atoms with van der Waals surface area (Å²) < 4.78 is 18.4. The van der Waals surface area contributed by atoms with Crippen molar-refractivity contribution in [1.29, 1.82) is 0 Å². The number of hydrogen-bond donors (Lipinski definition) is 2. The fourth-order valence-electron chi connectivity index (χ4n) is 1.80. The van der Waals surface area contributed by atoms with Gasteiger partial charge in [0.05, 0.1) is 6.61 Å². The lowest BCUT2D eigenvalue weighted by Crippen LogP contribution is -2.18. The number of H-pyrrole nitrogens is 1. The topological polar surface area (TPSA) is 49.9 Å². The summed E-state index contributed by atoms with van der Waals surface area (Å²) in [5.41, 5.74) is 1.64. The molecule has 0 aliphatic heterocycles. The van der Waals surface area contributed by atoms with Crippen LogP contribution in [-0.2, 0) is 17.7 Å². The molecule has 0 fully saturated rings. The zero-order valence-corrected chi connectivity index (χ0v) is 10.9. The van der Waals surface area contributed by atoms with Crippen molar-refractivity contribution in [3.8, 4) is 0 Å². The molecule has 0 spiro atoms. The highest BCUT2D eigenvalue weighted by Gasteiger charge is 2.05. The van der Waals surface area contributed by atoms with Gasteiger partial charge in [0.25, 0.3) is 0 Å². The Morgan fingerprint density at radius 1 is 1.37 bits per heavy atom. The van der Waals surface area contributed by atoms with Gasteiger partial charge in [0.2, 0.25) is 0 Å². The summed E-state index contributed by atoms with van der Waals surface area (Å²) in [5.74, 6) is 0.576. The third kappa shape index (κ3) is 4.15. The van der Waals surface area contributed by atoms with E-state index in [9.17, 15) is 4.39 Å². The molecule has 1 aromatic carbocycles. The Hall–Kier alpha value is -1.72. The van der Waals surface area contributed by atoms with Crippen LogP contribution in [0.4, 0.5) is 4.39 Å². The van der Waals surface area contributed by atoms with Crippen LogP contribution >= 0.6 is 0 Å². The van der Waals surface area contributed by atoms with Crippen molar-refractivity contribution in [2.45, 2.75) is 13.0 Å². The van der Waals surface area contributed by atoms with Crippen molar-refractivity contribution < 1.29 is 9.13 Å². The van der Waals surface area contributed by atoms with Gasteiger partial charge in [-0.2, -0.15) is 0 Å². The minimum Gasteiger partial charge on any atom is -0.383 e. The molecule has 1 heterocycles. The molecule has 2 rings (SSSR count). The molecule has 0 amide bonds. The molecule has 0 unspecified atom stereocenters. The Morgan fingerprint density at radius 2 is 2.21 bits per heavy atom. The maximum absolute atomic E-state index is 13.5. The second kappa shape index (κ2) is 7.01. The van der Waals surface area contributed by atoms with Gasteiger partial charge in [-0.15, -0.1) is 0 Å². The number of hydrogen-bond acceptors (Lipinski definition) is 3. The van der Waals surface area contributed by atoms with E-state index in [1.54, 1.807) is 25.4 Å². The molecule has 0 saturated heterocycles. The fraction of sp³-hybridized carbons (Fsp3) is 0.357. The van der Waals surface area contributed by atoms with Crippen LogP contribution in [0.3, 0.4) is 0 Å². The van der Waals surface area contributed by atoms with E-state index >= 15 is 0 Å². The average Bonchev–Trinajstić information content (AvgIpc) is 2.85. The lowest BCUT2D eigenvalue weighted by Gasteiger charge is -2.02. The maximum atomic E-state index is 13.5. The Bertz CT molecular complexity index is 513. The highest BCUT2D eigenvalue weighted by molar-refractivity contribution is 5.21. The first-order valence-corrected chi connectivity index (χ1v) is 6.25. The molecule has 0 bridgehead atoms. The maximum Gasteiger partial charge on any atom is 0.126 e. The van der Waals surface area contributed by atoms with E-state index in [0.717, 1.165) is 18.1 Å². The molecular formula is C14H18FN3O. The average molecular weight is 263 g/mol. The molecule has 102 valence electrons. The predicted molar refractivity (Wildman–Crippen MR) is 71.4 cm³/mol. The molecule has 2 N–H and O–H groups in total. The number of halogens is 1. The number of benzene rings is 1. The normalized spacial score (nSPS) is 10.8. The number of nitrogens with one attached hydrogen (secondary N) is 2. The van der Waals surface area contributed by atoms with Crippen LogP contribution in [0.25, 0.3) is 0 Å². The van der Waals surface area contributed by atoms with Crippen LogP contribution in [0.15, 0.2) is 30.5 Å². The summed E-state index contributed by atoms with van der Waals surface area (Å²) in [6.45, 7) is 2.17. The van der Waals surface area contributed by atoms with Gasteiger partial charge in [0.15, 0.2) is 0 Å². The molecule has 0 radical (unpaired) electrons. The highest BCUT2D eigenvalue weighted by Crippen LogP contribution is 2.10. The Morgan fingerprint density at radius 3 is 3.00 bits per heavy atom. The Kier molecular flexibility index (Phi) is 5.06. The SMILES string of the molecule is COCCNCc1cnc(Cc2ccccc2F)[nH]1. The van der Waals surface area contributed by atoms with E-state index in [2.05, 4.69) is 15.3 Å². The summed E-state index contributed by atoms with van der Waals surface area (Å²) in [6.07, 6.45) is 2.25. The summed E-state index contributed by atoms with van der Waals surface area (Å²) >= 11 is 0. The molecule has 0 aliphatic rings. The molecule has 19 heavy (non-hydrogen) atoms. The van der Waals surface area contributed by atoms with Crippen LogP contribution in [0.2, 0.25) is 0 Å². The molecule has 0 aliphatic carbocycles. The van der Waals surface area contributed by atoms with Crippen LogP contribution in [-0.4, -0.2) is 30.2 Å². The third-order valence-corrected chi connectivity index (χ3v) is 2.80. The van der Waals surface area contributed by atoms with Gasteiger partial charge in [-0.05, 0) is 11.6 Å². The van der Waals surface area contributed by atoms with E-state index in [1.165, 1.54) is 6.07 Å². The molecule has 2 aromatic rings. The summed E-state index contributed by atoms with van der Waals surface area (Å²) in [4.78, 5) is 7.44. The van der Waals surface area contributed by atoms with Crippen LogP contribution in [0, 0.1) is 5.82 Å². The zero-order chi connectivity index (χ0) is 13.5. The first-order valence-electron chi connectivity index (χ1n) is 6.25. The smallest absolute Gasteiger partial charge is 0.126 e. The van der Waals surface area contributed by atoms with Gasteiger partial charge in [0, 0.05) is 38.5 Å².